The van der Waals surface area contributed by atoms with E-state index in [0.717, 1.165) is 11.1 Å². The molecule has 138 valence electrons. The highest BCUT2D eigenvalue weighted by Crippen LogP contribution is 2.47. The zero-order valence-electron chi connectivity index (χ0n) is 15.1. The van der Waals surface area contributed by atoms with Crippen LogP contribution in [0.25, 0.3) is 0 Å². The van der Waals surface area contributed by atoms with Gasteiger partial charge in [0, 0.05) is 24.3 Å². The van der Waals surface area contributed by atoms with E-state index < -0.39 is 11.3 Å². The molecule has 2 N–H and O–H groups in total. The van der Waals surface area contributed by atoms with Gasteiger partial charge in [-0.25, -0.2) is 0 Å². The van der Waals surface area contributed by atoms with Crippen LogP contribution in [0.3, 0.4) is 0 Å². The van der Waals surface area contributed by atoms with Gasteiger partial charge in [-0.3, -0.25) is 14.4 Å². The SMILES string of the molecule is Cc1ccccc1C(=O)N1CCC2(C1)C(=O)N(CC(N)=O)c1ccccc12. The van der Waals surface area contributed by atoms with Crippen LogP contribution >= 0.6 is 0 Å². The number of likely N-dealkylation sites (tertiary alicyclic amines) is 1. The Labute approximate surface area is 157 Å². The summed E-state index contributed by atoms with van der Waals surface area (Å²) in [4.78, 5) is 41.0. The van der Waals surface area contributed by atoms with Crippen LogP contribution in [0.15, 0.2) is 48.5 Å². The second-order valence-electron chi connectivity index (χ2n) is 7.25. The standard InChI is InChI=1S/C21H21N3O3/c1-14-6-2-3-7-15(14)19(26)23-11-10-21(13-23)16-8-4-5-9-17(16)24(20(21)27)12-18(22)25/h2-9H,10-13H2,1H3,(H2,22,25). The molecule has 2 aromatic carbocycles. The van der Waals surface area contributed by atoms with Crippen molar-refractivity contribution in [1.82, 2.24) is 4.90 Å². The normalized spacial score (nSPS) is 21.0. The van der Waals surface area contributed by atoms with Crippen molar-refractivity contribution in [2.45, 2.75) is 18.8 Å². The molecule has 2 aliphatic rings. The monoisotopic (exact) mass is 363 g/mol. The van der Waals surface area contributed by atoms with Crippen LogP contribution in [0.1, 0.15) is 27.9 Å². The number of hydrogen-bond acceptors (Lipinski definition) is 3. The van der Waals surface area contributed by atoms with Gasteiger partial charge in [0.15, 0.2) is 0 Å². The summed E-state index contributed by atoms with van der Waals surface area (Å²) in [6.07, 6.45) is 0.537. The van der Waals surface area contributed by atoms with Crippen molar-refractivity contribution in [3.8, 4) is 0 Å². The third kappa shape index (κ3) is 2.60. The van der Waals surface area contributed by atoms with Crippen molar-refractivity contribution in [2.24, 2.45) is 5.73 Å². The van der Waals surface area contributed by atoms with Gasteiger partial charge < -0.3 is 15.5 Å². The molecule has 2 heterocycles. The van der Waals surface area contributed by atoms with Gasteiger partial charge in [-0.2, -0.15) is 0 Å². The van der Waals surface area contributed by atoms with E-state index in [4.69, 9.17) is 5.73 Å². The quantitative estimate of drug-likeness (QED) is 0.899. The summed E-state index contributed by atoms with van der Waals surface area (Å²) in [6, 6.07) is 14.9. The number of nitrogens with zero attached hydrogens (tertiary/aromatic N) is 2. The maximum absolute atomic E-state index is 13.3. The minimum Gasteiger partial charge on any atom is -0.368 e. The van der Waals surface area contributed by atoms with Crippen molar-refractivity contribution >= 4 is 23.4 Å². The van der Waals surface area contributed by atoms with E-state index in [-0.39, 0.29) is 18.4 Å². The van der Waals surface area contributed by atoms with Gasteiger partial charge in [-0.05, 0) is 36.6 Å². The van der Waals surface area contributed by atoms with Crippen LogP contribution in [0, 0.1) is 6.92 Å². The minimum atomic E-state index is -0.801. The van der Waals surface area contributed by atoms with Crippen molar-refractivity contribution in [2.75, 3.05) is 24.5 Å². The first-order valence-electron chi connectivity index (χ1n) is 8.99. The van der Waals surface area contributed by atoms with Crippen molar-refractivity contribution in [1.29, 1.82) is 0 Å². The van der Waals surface area contributed by atoms with Gasteiger partial charge in [0.2, 0.25) is 11.8 Å². The zero-order valence-corrected chi connectivity index (χ0v) is 15.1. The lowest BCUT2D eigenvalue weighted by Crippen LogP contribution is -2.45. The molecule has 1 spiro atoms. The van der Waals surface area contributed by atoms with Crippen LogP contribution in [0.2, 0.25) is 0 Å². The van der Waals surface area contributed by atoms with Crippen LogP contribution in [0.5, 0.6) is 0 Å². The van der Waals surface area contributed by atoms with Crippen LogP contribution in [-0.2, 0) is 15.0 Å². The molecule has 2 aromatic rings. The lowest BCUT2D eigenvalue weighted by molar-refractivity contribution is -0.125. The predicted octanol–water partition coefficient (Wildman–Crippen LogP) is 1.61. The van der Waals surface area contributed by atoms with E-state index in [0.29, 0.717) is 30.8 Å². The number of aryl methyl sites for hydroxylation is 1. The van der Waals surface area contributed by atoms with Crippen molar-refractivity contribution < 1.29 is 14.4 Å². The number of carbonyl (C=O) groups excluding carboxylic acids is 3. The van der Waals surface area contributed by atoms with Crippen LogP contribution < -0.4 is 10.6 Å². The lowest BCUT2D eigenvalue weighted by Gasteiger charge is -2.24. The minimum absolute atomic E-state index is 0.0661. The summed E-state index contributed by atoms with van der Waals surface area (Å²) < 4.78 is 0. The first-order valence-corrected chi connectivity index (χ1v) is 8.99. The maximum Gasteiger partial charge on any atom is 0.254 e. The van der Waals surface area contributed by atoms with E-state index in [1.54, 1.807) is 4.90 Å². The molecule has 0 saturated carbocycles. The molecule has 4 rings (SSSR count). The Hall–Kier alpha value is -3.15. The fraction of sp³-hybridized carbons (Fsp3) is 0.286. The van der Waals surface area contributed by atoms with Gasteiger partial charge >= 0.3 is 0 Å². The predicted molar refractivity (Wildman–Crippen MR) is 101 cm³/mol. The largest absolute Gasteiger partial charge is 0.368 e. The summed E-state index contributed by atoms with van der Waals surface area (Å²) in [5.41, 5.74) is 7.70. The van der Waals surface area contributed by atoms with Crippen LogP contribution in [0.4, 0.5) is 5.69 Å². The molecule has 0 aliphatic carbocycles. The summed E-state index contributed by atoms with van der Waals surface area (Å²) in [5.74, 6) is -0.771. The second kappa shape index (κ2) is 6.23. The Bertz CT molecular complexity index is 955. The number of fused-ring (bicyclic) bond motifs is 2. The fourth-order valence-electron chi connectivity index (χ4n) is 4.27. The van der Waals surface area contributed by atoms with E-state index in [2.05, 4.69) is 0 Å². The Balaban J connectivity index is 1.69. The highest BCUT2D eigenvalue weighted by atomic mass is 16.2. The van der Waals surface area contributed by atoms with E-state index in [9.17, 15) is 14.4 Å². The first kappa shape index (κ1) is 17.3. The number of hydrogen-bond donors (Lipinski definition) is 1. The molecule has 6 nitrogen and oxygen atoms in total. The maximum atomic E-state index is 13.3. The number of nitrogens with two attached hydrogens (primary N) is 1. The molecule has 1 unspecified atom stereocenters. The van der Waals surface area contributed by atoms with Crippen LogP contribution in [-0.4, -0.2) is 42.3 Å². The van der Waals surface area contributed by atoms with Gasteiger partial charge in [-0.1, -0.05) is 36.4 Å². The molecular formula is C21H21N3O3. The first-order chi connectivity index (χ1) is 12.9. The molecule has 27 heavy (non-hydrogen) atoms. The van der Waals surface area contributed by atoms with Crippen molar-refractivity contribution in [3.63, 3.8) is 0 Å². The smallest absolute Gasteiger partial charge is 0.254 e. The van der Waals surface area contributed by atoms with E-state index in [1.165, 1.54) is 4.90 Å². The summed E-state index contributed by atoms with van der Waals surface area (Å²) in [5, 5.41) is 0. The molecule has 0 aromatic heterocycles. The Kier molecular flexibility index (Phi) is 3.98. The zero-order chi connectivity index (χ0) is 19.2. The van der Waals surface area contributed by atoms with Gasteiger partial charge in [0.1, 0.15) is 6.54 Å². The Morgan fingerprint density at radius 3 is 2.56 bits per heavy atom. The number of para-hydroxylation sites is 1. The number of anilines is 1. The van der Waals surface area contributed by atoms with Gasteiger partial charge in [0.05, 0.1) is 5.41 Å². The molecule has 1 fully saturated rings. The molecule has 3 amide bonds. The third-order valence-corrected chi connectivity index (χ3v) is 5.61. The number of primary amides is 1. The number of carbonyl (C=O) groups is 3. The average molecular weight is 363 g/mol. The molecule has 1 atom stereocenters. The summed E-state index contributed by atoms with van der Waals surface area (Å²) >= 11 is 0. The van der Waals surface area contributed by atoms with E-state index in [1.807, 2.05) is 55.5 Å². The summed E-state index contributed by atoms with van der Waals surface area (Å²) in [7, 11) is 0. The van der Waals surface area contributed by atoms with Gasteiger partial charge in [0.25, 0.3) is 5.91 Å². The highest BCUT2D eigenvalue weighted by molar-refractivity contribution is 6.11. The molecule has 1 saturated heterocycles. The molecule has 2 aliphatic heterocycles. The summed E-state index contributed by atoms with van der Waals surface area (Å²) in [6.45, 7) is 2.57. The average Bonchev–Trinajstić information content (AvgIpc) is 3.19. The molecular weight excluding hydrogens is 342 g/mol. The third-order valence-electron chi connectivity index (χ3n) is 5.61. The number of rotatable bonds is 3. The fourth-order valence-corrected chi connectivity index (χ4v) is 4.27. The number of amides is 3. The molecule has 0 radical (unpaired) electrons. The lowest BCUT2D eigenvalue weighted by atomic mass is 9.81. The number of benzene rings is 2. The topological polar surface area (TPSA) is 83.7 Å². The van der Waals surface area contributed by atoms with E-state index >= 15 is 0 Å². The Morgan fingerprint density at radius 1 is 1.11 bits per heavy atom. The van der Waals surface area contributed by atoms with Gasteiger partial charge in [-0.15, -0.1) is 0 Å². The van der Waals surface area contributed by atoms with Crippen molar-refractivity contribution in [3.05, 3.63) is 65.2 Å². The second-order valence-corrected chi connectivity index (χ2v) is 7.25. The molecule has 0 bridgehead atoms. The Morgan fingerprint density at radius 2 is 1.81 bits per heavy atom. The highest BCUT2D eigenvalue weighted by Gasteiger charge is 2.55. The molecule has 6 heteroatoms.